The van der Waals surface area contributed by atoms with E-state index >= 15 is 0 Å². The van der Waals surface area contributed by atoms with Gasteiger partial charge >= 0.3 is 0 Å². The van der Waals surface area contributed by atoms with E-state index in [1.807, 2.05) is 30.3 Å². The standard InChI is InChI=1S/C21H23N3O3/c22-14-20(25)18-9-3-1-2-6-12-27-15-10-11-23-19(13-15)16-7-4-5-8-17(16)21(26)24-18/h4-5,7-8,10-11,13,18,20,25H,1-3,6,9,12H2,(H,24,26)/t18-,20?/m0/s1. The average Bonchev–Trinajstić information content (AvgIpc) is 2.71. The summed E-state index contributed by atoms with van der Waals surface area (Å²) in [6.07, 6.45) is 4.66. The zero-order chi connectivity index (χ0) is 19.1. The number of carbonyl (C=O) groups excluding carboxylic acids is 1. The topological polar surface area (TPSA) is 95.2 Å². The van der Waals surface area contributed by atoms with Gasteiger partial charge in [-0.1, -0.05) is 37.5 Å². The predicted molar refractivity (Wildman–Crippen MR) is 101 cm³/mol. The molecule has 3 rings (SSSR count). The minimum absolute atomic E-state index is 0.326. The quantitative estimate of drug-likeness (QED) is 0.757. The fourth-order valence-corrected chi connectivity index (χ4v) is 3.21. The maximum absolute atomic E-state index is 12.9. The number of nitriles is 1. The fraction of sp³-hybridized carbons (Fsp3) is 0.381. The van der Waals surface area contributed by atoms with Crippen molar-refractivity contribution in [3.8, 4) is 23.1 Å². The van der Waals surface area contributed by atoms with Gasteiger partial charge in [-0.25, -0.2) is 0 Å². The van der Waals surface area contributed by atoms with Gasteiger partial charge in [0.1, 0.15) is 5.75 Å². The van der Waals surface area contributed by atoms with Crippen LogP contribution in [0.1, 0.15) is 42.5 Å². The van der Waals surface area contributed by atoms with Gasteiger partial charge in [0.2, 0.25) is 0 Å². The molecule has 2 aromatic rings. The first-order valence-electron chi connectivity index (χ1n) is 9.26. The van der Waals surface area contributed by atoms with Crippen molar-refractivity contribution in [3.63, 3.8) is 0 Å². The van der Waals surface area contributed by atoms with Crippen molar-refractivity contribution in [1.82, 2.24) is 10.3 Å². The lowest BCUT2D eigenvalue weighted by molar-refractivity contribution is 0.0882. The van der Waals surface area contributed by atoms with E-state index in [4.69, 9.17) is 10.00 Å². The number of carbonyl (C=O) groups is 1. The minimum atomic E-state index is -1.23. The Hall–Kier alpha value is -2.91. The highest BCUT2D eigenvalue weighted by Crippen LogP contribution is 2.25. The third kappa shape index (κ3) is 4.83. The van der Waals surface area contributed by atoms with Gasteiger partial charge in [-0.3, -0.25) is 9.78 Å². The Labute approximate surface area is 158 Å². The Morgan fingerprint density at radius 2 is 1.96 bits per heavy atom. The Morgan fingerprint density at radius 1 is 1.19 bits per heavy atom. The van der Waals surface area contributed by atoms with Crippen molar-refractivity contribution in [1.29, 1.82) is 5.26 Å². The molecule has 6 nitrogen and oxygen atoms in total. The van der Waals surface area contributed by atoms with Gasteiger partial charge < -0.3 is 15.2 Å². The van der Waals surface area contributed by atoms with E-state index in [9.17, 15) is 9.90 Å². The number of nitrogens with one attached hydrogen (secondary N) is 1. The second kappa shape index (κ2) is 9.15. The van der Waals surface area contributed by atoms with Crippen LogP contribution in [0, 0.1) is 11.3 Å². The summed E-state index contributed by atoms with van der Waals surface area (Å²) in [5.74, 6) is 0.399. The molecule has 27 heavy (non-hydrogen) atoms. The van der Waals surface area contributed by atoms with Crippen molar-refractivity contribution in [2.45, 2.75) is 44.2 Å². The first kappa shape index (κ1) is 18.9. The van der Waals surface area contributed by atoms with Crippen molar-refractivity contribution in [3.05, 3.63) is 48.2 Å². The molecule has 1 aromatic carbocycles. The summed E-state index contributed by atoms with van der Waals surface area (Å²) in [6, 6.07) is 12.0. The predicted octanol–water partition coefficient (Wildman–Crippen LogP) is 3.07. The normalized spacial score (nSPS) is 19.3. The number of rotatable bonds is 1. The molecule has 2 N–H and O–H groups in total. The number of amides is 1. The number of pyridine rings is 1. The Kier molecular flexibility index (Phi) is 6.39. The van der Waals surface area contributed by atoms with Crippen LogP contribution in [0.4, 0.5) is 0 Å². The Morgan fingerprint density at radius 3 is 2.78 bits per heavy atom. The molecular weight excluding hydrogens is 342 g/mol. The Bertz CT molecular complexity index is 831. The molecule has 1 amide bonds. The van der Waals surface area contributed by atoms with Gasteiger partial charge in [0.15, 0.2) is 6.10 Å². The van der Waals surface area contributed by atoms with Gasteiger partial charge in [0.05, 0.1) is 24.4 Å². The van der Waals surface area contributed by atoms with Crippen molar-refractivity contribution in [2.24, 2.45) is 0 Å². The minimum Gasteiger partial charge on any atom is -0.493 e. The van der Waals surface area contributed by atoms with Crippen LogP contribution in [0.3, 0.4) is 0 Å². The van der Waals surface area contributed by atoms with Gasteiger partial charge in [-0.05, 0) is 25.0 Å². The van der Waals surface area contributed by atoms with E-state index in [-0.39, 0.29) is 5.91 Å². The SMILES string of the molecule is N#CC(O)[C@@H]1CCCCCCOc2ccnc(c2)-c2ccccc2C(=O)N1. The first-order chi connectivity index (χ1) is 13.2. The molecule has 2 heterocycles. The number of benzene rings is 1. The van der Waals surface area contributed by atoms with E-state index < -0.39 is 12.1 Å². The summed E-state index contributed by atoms with van der Waals surface area (Å²) in [4.78, 5) is 17.3. The van der Waals surface area contributed by atoms with Crippen LogP contribution in [-0.4, -0.2) is 34.8 Å². The second-order valence-corrected chi connectivity index (χ2v) is 6.63. The number of hydrogen-bond donors (Lipinski definition) is 2. The van der Waals surface area contributed by atoms with E-state index in [0.29, 0.717) is 29.8 Å². The molecule has 0 saturated carbocycles. The number of ether oxygens (including phenoxy) is 1. The van der Waals surface area contributed by atoms with E-state index in [0.717, 1.165) is 31.4 Å². The molecule has 2 atom stereocenters. The second-order valence-electron chi connectivity index (χ2n) is 6.63. The van der Waals surface area contributed by atoms with E-state index in [2.05, 4.69) is 10.3 Å². The van der Waals surface area contributed by atoms with Gasteiger partial charge in [-0.2, -0.15) is 5.26 Å². The van der Waals surface area contributed by atoms with Crippen LogP contribution >= 0.6 is 0 Å². The number of aliphatic hydroxyl groups excluding tert-OH is 1. The highest BCUT2D eigenvalue weighted by Gasteiger charge is 2.23. The number of nitrogens with zero attached hydrogens (tertiary/aromatic N) is 2. The lowest BCUT2D eigenvalue weighted by Gasteiger charge is -2.20. The first-order valence-corrected chi connectivity index (χ1v) is 9.26. The summed E-state index contributed by atoms with van der Waals surface area (Å²) in [7, 11) is 0. The smallest absolute Gasteiger partial charge is 0.252 e. The van der Waals surface area contributed by atoms with Gasteiger partial charge in [0, 0.05) is 23.4 Å². The molecule has 1 aromatic heterocycles. The number of hydrogen-bond acceptors (Lipinski definition) is 5. The molecule has 2 bridgehead atoms. The van der Waals surface area contributed by atoms with E-state index in [1.165, 1.54) is 0 Å². The highest BCUT2D eigenvalue weighted by atomic mass is 16.5. The monoisotopic (exact) mass is 365 g/mol. The molecule has 1 aliphatic rings. The van der Waals surface area contributed by atoms with Crippen LogP contribution in [0.5, 0.6) is 5.75 Å². The van der Waals surface area contributed by atoms with Crippen molar-refractivity contribution < 1.29 is 14.6 Å². The number of aromatic nitrogens is 1. The van der Waals surface area contributed by atoms with Gasteiger partial charge in [0.25, 0.3) is 5.91 Å². The number of fused-ring (bicyclic) bond motifs is 4. The summed E-state index contributed by atoms with van der Waals surface area (Å²) in [6.45, 7) is 0.618. The zero-order valence-corrected chi connectivity index (χ0v) is 15.1. The summed E-state index contributed by atoms with van der Waals surface area (Å²) in [5.41, 5.74) is 1.78. The summed E-state index contributed by atoms with van der Waals surface area (Å²) < 4.78 is 5.82. The molecular formula is C21H23N3O3. The average molecular weight is 365 g/mol. The van der Waals surface area contributed by atoms with Crippen LogP contribution in [0.15, 0.2) is 42.6 Å². The van der Waals surface area contributed by atoms with Crippen LogP contribution in [0.25, 0.3) is 11.3 Å². The van der Waals surface area contributed by atoms with Crippen LogP contribution < -0.4 is 10.1 Å². The molecule has 0 radical (unpaired) electrons. The van der Waals surface area contributed by atoms with Crippen molar-refractivity contribution >= 4 is 5.91 Å². The van der Waals surface area contributed by atoms with Gasteiger partial charge in [-0.15, -0.1) is 0 Å². The molecule has 1 aliphatic heterocycles. The lowest BCUT2D eigenvalue weighted by atomic mass is 10.00. The molecule has 6 heteroatoms. The molecule has 0 spiro atoms. The van der Waals surface area contributed by atoms with Crippen LogP contribution in [-0.2, 0) is 0 Å². The maximum atomic E-state index is 12.9. The third-order valence-electron chi connectivity index (χ3n) is 4.69. The molecule has 1 unspecified atom stereocenters. The third-order valence-corrected chi connectivity index (χ3v) is 4.69. The number of aliphatic hydroxyl groups is 1. The van der Waals surface area contributed by atoms with E-state index in [1.54, 1.807) is 18.3 Å². The maximum Gasteiger partial charge on any atom is 0.252 e. The fourth-order valence-electron chi connectivity index (χ4n) is 3.21. The summed E-state index contributed by atoms with van der Waals surface area (Å²) in [5, 5.41) is 21.9. The Balaban J connectivity index is 1.96. The van der Waals surface area contributed by atoms with Crippen molar-refractivity contribution in [2.75, 3.05) is 6.61 Å². The molecule has 0 aliphatic carbocycles. The van der Waals surface area contributed by atoms with Crippen LogP contribution in [0.2, 0.25) is 0 Å². The highest BCUT2D eigenvalue weighted by molar-refractivity contribution is 6.00. The largest absolute Gasteiger partial charge is 0.493 e. The molecule has 0 fully saturated rings. The molecule has 140 valence electrons. The lowest BCUT2D eigenvalue weighted by Crippen LogP contribution is -2.43. The molecule has 0 saturated heterocycles. The zero-order valence-electron chi connectivity index (χ0n) is 15.1. The summed E-state index contributed by atoms with van der Waals surface area (Å²) >= 11 is 0.